The van der Waals surface area contributed by atoms with Crippen molar-refractivity contribution >= 4 is 33.7 Å². The van der Waals surface area contributed by atoms with Gasteiger partial charge < -0.3 is 9.47 Å². The third-order valence-electron chi connectivity index (χ3n) is 5.18. The molecule has 3 aromatic rings. The van der Waals surface area contributed by atoms with E-state index in [2.05, 4.69) is 25.1 Å². The van der Waals surface area contributed by atoms with E-state index in [0.29, 0.717) is 6.42 Å². The molecule has 4 rings (SSSR count). The van der Waals surface area contributed by atoms with E-state index < -0.39 is 18.2 Å². The molecule has 1 aromatic heterocycles. The SMILES string of the molecule is CC(=O)O[C@H]1CCc2ccc3c(C)c4ccccc4nc3c2[C@@H]1OC(C)=O. The van der Waals surface area contributed by atoms with Crippen molar-refractivity contribution in [1.29, 1.82) is 0 Å². The number of ether oxygens (including phenoxy) is 2. The molecule has 138 valence electrons. The summed E-state index contributed by atoms with van der Waals surface area (Å²) < 4.78 is 11.1. The number of hydrogen-bond donors (Lipinski definition) is 0. The van der Waals surface area contributed by atoms with Crippen LogP contribution in [0.4, 0.5) is 0 Å². The Morgan fingerprint density at radius 1 is 1.00 bits per heavy atom. The van der Waals surface area contributed by atoms with Crippen molar-refractivity contribution in [3.63, 3.8) is 0 Å². The number of hydrogen-bond acceptors (Lipinski definition) is 5. The lowest BCUT2D eigenvalue weighted by Gasteiger charge is -2.33. The van der Waals surface area contributed by atoms with Crippen LogP contribution in [0.2, 0.25) is 0 Å². The van der Waals surface area contributed by atoms with E-state index in [9.17, 15) is 9.59 Å². The van der Waals surface area contributed by atoms with Crippen molar-refractivity contribution in [2.24, 2.45) is 0 Å². The molecule has 1 heterocycles. The minimum atomic E-state index is -0.646. The summed E-state index contributed by atoms with van der Waals surface area (Å²) in [5.74, 6) is -0.782. The first kappa shape index (κ1) is 17.5. The lowest BCUT2D eigenvalue weighted by Crippen LogP contribution is -2.32. The largest absolute Gasteiger partial charge is 0.458 e. The van der Waals surface area contributed by atoms with Gasteiger partial charge in [0, 0.05) is 30.2 Å². The zero-order valence-corrected chi connectivity index (χ0v) is 15.6. The average molecular weight is 363 g/mol. The van der Waals surface area contributed by atoms with Gasteiger partial charge >= 0.3 is 11.9 Å². The highest BCUT2D eigenvalue weighted by Crippen LogP contribution is 2.40. The fraction of sp³-hybridized carbons (Fsp3) is 0.318. The molecular formula is C22H21NO4. The maximum absolute atomic E-state index is 11.8. The summed E-state index contributed by atoms with van der Waals surface area (Å²) in [5.41, 5.74) is 4.78. The zero-order valence-electron chi connectivity index (χ0n) is 15.6. The molecular weight excluding hydrogens is 342 g/mol. The molecule has 0 saturated heterocycles. The number of pyridine rings is 1. The Morgan fingerprint density at radius 2 is 1.74 bits per heavy atom. The molecule has 0 fully saturated rings. The number of carbonyl (C=O) groups excluding carboxylic acids is 2. The van der Waals surface area contributed by atoms with Gasteiger partial charge in [-0.25, -0.2) is 4.98 Å². The van der Waals surface area contributed by atoms with Crippen molar-refractivity contribution in [1.82, 2.24) is 4.98 Å². The van der Waals surface area contributed by atoms with Gasteiger partial charge in [-0.1, -0.05) is 30.3 Å². The van der Waals surface area contributed by atoms with Gasteiger partial charge in [-0.3, -0.25) is 9.59 Å². The van der Waals surface area contributed by atoms with Crippen LogP contribution in [0.1, 0.15) is 43.1 Å². The lowest BCUT2D eigenvalue weighted by atomic mass is 9.84. The number of rotatable bonds is 2. The molecule has 0 unspecified atom stereocenters. The number of fused-ring (bicyclic) bond motifs is 4. The van der Waals surface area contributed by atoms with Crippen molar-refractivity contribution in [3.05, 3.63) is 53.1 Å². The smallest absolute Gasteiger partial charge is 0.303 e. The molecule has 0 bridgehead atoms. The number of para-hydroxylation sites is 1. The highest BCUT2D eigenvalue weighted by molar-refractivity contribution is 5.99. The van der Waals surface area contributed by atoms with Gasteiger partial charge in [0.2, 0.25) is 0 Å². The standard InChI is InChI=1S/C22H21NO4/c1-12-16-6-4-5-7-18(16)23-21-17(12)10-8-15-9-11-19(26-13(2)24)22(20(15)21)27-14(3)25/h4-8,10,19,22H,9,11H2,1-3H3/t19-,22+/m0/s1. The Hall–Kier alpha value is -2.95. The molecule has 1 aliphatic carbocycles. The minimum absolute atomic E-state index is 0.379. The normalized spacial score (nSPS) is 18.9. The maximum atomic E-state index is 11.8. The first-order chi connectivity index (χ1) is 13.0. The van der Waals surface area contributed by atoms with Gasteiger partial charge in [-0.15, -0.1) is 0 Å². The number of aryl methyl sites for hydroxylation is 2. The summed E-state index contributed by atoms with van der Waals surface area (Å²) in [6.07, 6.45) is 0.210. The second-order valence-corrected chi connectivity index (χ2v) is 7.01. The predicted octanol–water partition coefficient (Wildman–Crippen LogP) is 4.18. The average Bonchev–Trinajstić information content (AvgIpc) is 2.62. The molecule has 2 aromatic carbocycles. The summed E-state index contributed by atoms with van der Waals surface area (Å²) >= 11 is 0. The number of nitrogens with zero attached hydrogens (tertiary/aromatic N) is 1. The summed E-state index contributed by atoms with van der Waals surface area (Å²) in [5, 5.41) is 2.12. The van der Waals surface area contributed by atoms with E-state index in [0.717, 1.165) is 44.9 Å². The van der Waals surface area contributed by atoms with E-state index in [4.69, 9.17) is 14.5 Å². The number of carbonyl (C=O) groups is 2. The van der Waals surface area contributed by atoms with Crippen LogP contribution in [-0.2, 0) is 25.5 Å². The van der Waals surface area contributed by atoms with E-state index in [1.54, 1.807) is 0 Å². The van der Waals surface area contributed by atoms with Crippen molar-refractivity contribution in [2.45, 2.75) is 45.8 Å². The third-order valence-corrected chi connectivity index (χ3v) is 5.18. The van der Waals surface area contributed by atoms with Crippen LogP contribution >= 0.6 is 0 Å². The van der Waals surface area contributed by atoms with E-state index in [1.165, 1.54) is 13.8 Å². The minimum Gasteiger partial charge on any atom is -0.458 e. The van der Waals surface area contributed by atoms with Crippen LogP contribution in [0.15, 0.2) is 36.4 Å². The molecule has 2 atom stereocenters. The number of esters is 2. The lowest BCUT2D eigenvalue weighted by molar-refractivity contribution is -0.167. The monoisotopic (exact) mass is 363 g/mol. The van der Waals surface area contributed by atoms with Gasteiger partial charge in [-0.2, -0.15) is 0 Å². The second kappa shape index (κ2) is 6.65. The Kier molecular flexibility index (Phi) is 4.30. The van der Waals surface area contributed by atoms with Gasteiger partial charge in [0.15, 0.2) is 6.10 Å². The highest BCUT2D eigenvalue weighted by Gasteiger charge is 2.36. The van der Waals surface area contributed by atoms with Gasteiger partial charge in [0.05, 0.1) is 11.0 Å². The fourth-order valence-corrected chi connectivity index (χ4v) is 4.04. The van der Waals surface area contributed by atoms with E-state index >= 15 is 0 Å². The van der Waals surface area contributed by atoms with Crippen LogP contribution in [0.25, 0.3) is 21.8 Å². The molecule has 5 heteroatoms. The maximum Gasteiger partial charge on any atom is 0.303 e. The van der Waals surface area contributed by atoms with Crippen LogP contribution in [0.3, 0.4) is 0 Å². The zero-order chi connectivity index (χ0) is 19.1. The van der Waals surface area contributed by atoms with Gasteiger partial charge in [0.25, 0.3) is 0 Å². The molecule has 27 heavy (non-hydrogen) atoms. The third kappa shape index (κ3) is 3.03. The molecule has 5 nitrogen and oxygen atoms in total. The Balaban J connectivity index is 1.99. The number of aromatic nitrogens is 1. The molecule has 0 radical (unpaired) electrons. The van der Waals surface area contributed by atoms with Gasteiger partial charge in [-0.05, 0) is 37.0 Å². The van der Waals surface area contributed by atoms with Crippen LogP contribution in [-0.4, -0.2) is 23.0 Å². The second-order valence-electron chi connectivity index (χ2n) is 7.01. The molecule has 0 amide bonds. The quantitative estimate of drug-likeness (QED) is 0.505. The van der Waals surface area contributed by atoms with Crippen molar-refractivity contribution < 1.29 is 19.1 Å². The first-order valence-corrected chi connectivity index (χ1v) is 9.11. The predicted molar refractivity (Wildman–Crippen MR) is 102 cm³/mol. The van der Waals surface area contributed by atoms with Crippen molar-refractivity contribution in [3.8, 4) is 0 Å². The first-order valence-electron chi connectivity index (χ1n) is 9.11. The van der Waals surface area contributed by atoms with Crippen LogP contribution < -0.4 is 0 Å². The number of benzene rings is 2. The molecule has 0 saturated carbocycles. The summed E-state index contributed by atoms with van der Waals surface area (Å²) in [6, 6.07) is 12.2. The summed E-state index contributed by atoms with van der Waals surface area (Å²) in [4.78, 5) is 28.2. The molecule has 0 aliphatic heterocycles. The van der Waals surface area contributed by atoms with Gasteiger partial charge in [0.1, 0.15) is 6.10 Å². The Bertz CT molecular complexity index is 1070. The Labute approximate surface area is 157 Å². The Morgan fingerprint density at radius 3 is 2.48 bits per heavy atom. The summed E-state index contributed by atoms with van der Waals surface area (Å²) in [7, 11) is 0. The van der Waals surface area contributed by atoms with Crippen LogP contribution in [0, 0.1) is 6.92 Å². The van der Waals surface area contributed by atoms with E-state index in [-0.39, 0.29) is 5.97 Å². The highest BCUT2D eigenvalue weighted by atomic mass is 16.6. The molecule has 0 spiro atoms. The fourth-order valence-electron chi connectivity index (χ4n) is 4.04. The van der Waals surface area contributed by atoms with Crippen LogP contribution in [0.5, 0.6) is 0 Å². The van der Waals surface area contributed by atoms with E-state index in [1.807, 2.05) is 18.2 Å². The topological polar surface area (TPSA) is 65.5 Å². The molecule has 0 N–H and O–H groups in total. The summed E-state index contributed by atoms with van der Waals surface area (Å²) in [6.45, 7) is 4.82. The van der Waals surface area contributed by atoms with Crippen molar-refractivity contribution in [2.75, 3.05) is 0 Å². The molecule has 1 aliphatic rings.